The highest BCUT2D eigenvalue weighted by molar-refractivity contribution is 5.86. The molecule has 3 amide bonds. The van der Waals surface area contributed by atoms with E-state index < -0.39 is 12.1 Å². The number of urea groups is 1. The summed E-state index contributed by atoms with van der Waals surface area (Å²) in [5.41, 5.74) is 0.763. The maximum absolute atomic E-state index is 12.9. The fraction of sp³-hybridized carbons (Fsp3) is 0.364. The van der Waals surface area contributed by atoms with Crippen LogP contribution in [0.5, 0.6) is 11.5 Å². The van der Waals surface area contributed by atoms with Crippen LogP contribution in [0, 0.1) is 5.82 Å². The molecule has 3 N–H and O–H groups in total. The van der Waals surface area contributed by atoms with E-state index in [1.54, 1.807) is 43.5 Å². The number of halogens is 1. The number of benzene rings is 2. The van der Waals surface area contributed by atoms with Gasteiger partial charge in [-0.3, -0.25) is 4.79 Å². The Hall–Kier alpha value is -3.29. The first-order chi connectivity index (χ1) is 14.5. The number of rotatable bonds is 11. The molecule has 2 aromatic carbocycles. The second-order valence-corrected chi connectivity index (χ2v) is 6.61. The quantitative estimate of drug-likeness (QED) is 0.491. The number of nitrogens with one attached hydrogen (secondary N) is 3. The van der Waals surface area contributed by atoms with E-state index in [2.05, 4.69) is 16.0 Å². The third-order valence-electron chi connectivity index (χ3n) is 4.29. The molecular formula is C22H28FN3O4. The predicted molar refractivity (Wildman–Crippen MR) is 112 cm³/mol. The second-order valence-electron chi connectivity index (χ2n) is 6.61. The Morgan fingerprint density at radius 3 is 2.30 bits per heavy atom. The SMILES string of the molecule is CCCC(NC(=O)NCc1ccc(F)cc1)C(=O)NCCOc1ccc(OC)cc1. The van der Waals surface area contributed by atoms with Gasteiger partial charge in [0.25, 0.3) is 0 Å². The maximum atomic E-state index is 12.9. The van der Waals surface area contributed by atoms with E-state index in [9.17, 15) is 14.0 Å². The van der Waals surface area contributed by atoms with Gasteiger partial charge < -0.3 is 25.4 Å². The average molecular weight is 417 g/mol. The minimum atomic E-state index is -0.649. The molecule has 8 heteroatoms. The van der Waals surface area contributed by atoms with Crippen molar-refractivity contribution >= 4 is 11.9 Å². The number of amides is 3. The molecule has 0 saturated carbocycles. The minimum absolute atomic E-state index is 0.238. The molecule has 1 unspecified atom stereocenters. The predicted octanol–water partition coefficient (Wildman–Crippen LogP) is 3.00. The number of carbonyl (C=O) groups excluding carboxylic acids is 2. The fourth-order valence-corrected chi connectivity index (χ4v) is 2.69. The van der Waals surface area contributed by atoms with Crippen molar-refractivity contribution in [1.82, 2.24) is 16.0 Å². The van der Waals surface area contributed by atoms with Crippen molar-refractivity contribution in [2.45, 2.75) is 32.4 Å². The second kappa shape index (κ2) is 12.3. The lowest BCUT2D eigenvalue weighted by molar-refractivity contribution is -0.123. The van der Waals surface area contributed by atoms with Crippen LogP contribution in [-0.4, -0.2) is 38.2 Å². The average Bonchev–Trinajstić information content (AvgIpc) is 2.76. The van der Waals surface area contributed by atoms with Gasteiger partial charge in [-0.15, -0.1) is 0 Å². The Morgan fingerprint density at radius 1 is 1.00 bits per heavy atom. The highest BCUT2D eigenvalue weighted by Crippen LogP contribution is 2.16. The molecule has 0 saturated heterocycles. The molecule has 0 spiro atoms. The molecule has 0 bridgehead atoms. The first-order valence-electron chi connectivity index (χ1n) is 9.85. The van der Waals surface area contributed by atoms with Crippen LogP contribution >= 0.6 is 0 Å². The summed E-state index contributed by atoms with van der Waals surface area (Å²) in [5.74, 6) is 0.807. The molecule has 1 atom stereocenters. The topological polar surface area (TPSA) is 88.7 Å². The van der Waals surface area contributed by atoms with Crippen LogP contribution in [0.3, 0.4) is 0 Å². The monoisotopic (exact) mass is 417 g/mol. The minimum Gasteiger partial charge on any atom is -0.497 e. The summed E-state index contributed by atoms with van der Waals surface area (Å²) in [6.07, 6.45) is 1.24. The largest absolute Gasteiger partial charge is 0.497 e. The lowest BCUT2D eigenvalue weighted by Gasteiger charge is -2.18. The van der Waals surface area contributed by atoms with Crippen molar-refractivity contribution in [2.24, 2.45) is 0 Å². The third-order valence-corrected chi connectivity index (χ3v) is 4.29. The lowest BCUT2D eigenvalue weighted by Crippen LogP contribution is -2.50. The molecule has 7 nitrogen and oxygen atoms in total. The lowest BCUT2D eigenvalue weighted by atomic mass is 10.1. The Morgan fingerprint density at radius 2 is 1.67 bits per heavy atom. The molecule has 2 aromatic rings. The number of ether oxygens (including phenoxy) is 2. The van der Waals surface area contributed by atoms with Crippen molar-refractivity contribution in [3.05, 3.63) is 59.9 Å². The van der Waals surface area contributed by atoms with E-state index in [1.165, 1.54) is 12.1 Å². The van der Waals surface area contributed by atoms with Crippen molar-refractivity contribution < 1.29 is 23.5 Å². The van der Waals surface area contributed by atoms with Crippen molar-refractivity contribution in [2.75, 3.05) is 20.3 Å². The maximum Gasteiger partial charge on any atom is 0.315 e. The number of methoxy groups -OCH3 is 1. The molecule has 0 aliphatic rings. The van der Waals surface area contributed by atoms with Crippen LogP contribution in [0.25, 0.3) is 0 Å². The summed E-state index contributed by atoms with van der Waals surface area (Å²) < 4.78 is 23.6. The van der Waals surface area contributed by atoms with Crippen molar-refractivity contribution in [3.63, 3.8) is 0 Å². The summed E-state index contributed by atoms with van der Waals surface area (Å²) in [7, 11) is 1.59. The standard InChI is InChI=1S/C22H28FN3O4/c1-3-4-20(26-22(28)25-15-16-5-7-17(23)8-6-16)21(27)24-13-14-30-19-11-9-18(29-2)10-12-19/h5-12,20H,3-4,13-15H2,1-2H3,(H,24,27)(H2,25,26,28). The highest BCUT2D eigenvalue weighted by Gasteiger charge is 2.19. The molecule has 0 aliphatic heterocycles. The Balaban J connectivity index is 1.72. The normalized spacial score (nSPS) is 11.3. The van der Waals surface area contributed by atoms with E-state index in [1.807, 2.05) is 6.92 Å². The zero-order valence-corrected chi connectivity index (χ0v) is 17.2. The fourth-order valence-electron chi connectivity index (χ4n) is 2.69. The third kappa shape index (κ3) is 7.98. The van der Waals surface area contributed by atoms with Crippen LogP contribution in [0.2, 0.25) is 0 Å². The van der Waals surface area contributed by atoms with E-state index in [4.69, 9.17) is 9.47 Å². The number of carbonyl (C=O) groups is 2. The smallest absolute Gasteiger partial charge is 0.315 e. The molecule has 30 heavy (non-hydrogen) atoms. The van der Waals surface area contributed by atoms with Gasteiger partial charge >= 0.3 is 6.03 Å². The molecule has 162 valence electrons. The summed E-state index contributed by atoms with van der Waals surface area (Å²) in [6.45, 7) is 2.78. The summed E-state index contributed by atoms with van der Waals surface area (Å²) in [6, 6.07) is 11.9. The van der Waals surface area contributed by atoms with Gasteiger partial charge in [0, 0.05) is 6.54 Å². The zero-order valence-electron chi connectivity index (χ0n) is 17.2. The van der Waals surface area contributed by atoms with Crippen molar-refractivity contribution in [3.8, 4) is 11.5 Å². The van der Waals surface area contributed by atoms with Gasteiger partial charge in [0.1, 0.15) is 30.0 Å². The van der Waals surface area contributed by atoms with Crippen LogP contribution < -0.4 is 25.4 Å². The van der Waals surface area contributed by atoms with Gasteiger partial charge in [-0.2, -0.15) is 0 Å². The van der Waals surface area contributed by atoms with Gasteiger partial charge in [-0.05, 0) is 48.4 Å². The Bertz CT molecular complexity index is 797. The highest BCUT2D eigenvalue weighted by atomic mass is 19.1. The molecule has 0 aliphatic carbocycles. The zero-order chi connectivity index (χ0) is 21.8. The van der Waals surface area contributed by atoms with Gasteiger partial charge in [-0.25, -0.2) is 9.18 Å². The van der Waals surface area contributed by atoms with Crippen LogP contribution in [0.4, 0.5) is 9.18 Å². The molecule has 0 radical (unpaired) electrons. The van der Waals surface area contributed by atoms with E-state index >= 15 is 0 Å². The summed E-state index contributed by atoms with van der Waals surface area (Å²) in [5, 5.41) is 8.13. The Labute approximate surface area is 176 Å². The molecular weight excluding hydrogens is 389 g/mol. The molecule has 0 fully saturated rings. The van der Waals surface area contributed by atoms with Gasteiger partial charge in [-0.1, -0.05) is 25.5 Å². The molecule has 0 heterocycles. The Kier molecular flexibility index (Phi) is 9.44. The van der Waals surface area contributed by atoms with Crippen LogP contribution in [0.15, 0.2) is 48.5 Å². The summed E-state index contributed by atoms with van der Waals surface area (Å²) in [4.78, 5) is 24.5. The van der Waals surface area contributed by atoms with Crippen LogP contribution in [-0.2, 0) is 11.3 Å². The first-order valence-corrected chi connectivity index (χ1v) is 9.85. The van der Waals surface area contributed by atoms with Gasteiger partial charge in [0.2, 0.25) is 5.91 Å². The summed E-state index contributed by atoms with van der Waals surface area (Å²) >= 11 is 0. The van der Waals surface area contributed by atoms with E-state index in [-0.39, 0.29) is 18.3 Å². The number of hydrogen-bond donors (Lipinski definition) is 3. The molecule has 2 rings (SSSR count). The number of hydrogen-bond acceptors (Lipinski definition) is 4. The van der Waals surface area contributed by atoms with E-state index in [0.717, 1.165) is 17.7 Å². The van der Waals surface area contributed by atoms with Crippen molar-refractivity contribution in [1.29, 1.82) is 0 Å². The molecule has 0 aromatic heterocycles. The van der Waals surface area contributed by atoms with Gasteiger partial charge in [0.05, 0.1) is 13.7 Å². The first kappa shape index (κ1) is 23.0. The van der Waals surface area contributed by atoms with E-state index in [0.29, 0.717) is 25.3 Å². The van der Waals surface area contributed by atoms with Crippen LogP contribution in [0.1, 0.15) is 25.3 Å². The van der Waals surface area contributed by atoms with Gasteiger partial charge in [0.15, 0.2) is 0 Å².